The summed E-state index contributed by atoms with van der Waals surface area (Å²) in [7, 11) is 0. The van der Waals surface area contributed by atoms with Crippen LogP contribution in [-0.4, -0.2) is 67.0 Å². The summed E-state index contributed by atoms with van der Waals surface area (Å²) in [6.07, 6.45) is 1.67. The van der Waals surface area contributed by atoms with Crippen LogP contribution in [0.15, 0.2) is 24.3 Å². The number of piperazine rings is 1. The number of carbonyl (C=O) groups excluding carboxylic acids is 2. The molecule has 6 nitrogen and oxygen atoms in total. The average molecular weight is 353 g/mol. The number of rotatable bonds is 4. The van der Waals surface area contributed by atoms with Crippen LogP contribution < -0.4 is 10.1 Å². The van der Waals surface area contributed by atoms with E-state index in [-0.39, 0.29) is 23.6 Å². The number of nitrogens with one attached hydrogen (secondary N) is 1. The molecule has 136 valence electrons. The number of hydrogen-bond acceptors (Lipinski definition) is 4. The lowest BCUT2D eigenvalue weighted by Gasteiger charge is -2.41. The van der Waals surface area contributed by atoms with Crippen molar-refractivity contribution in [3.63, 3.8) is 0 Å². The van der Waals surface area contributed by atoms with Gasteiger partial charge in [0.15, 0.2) is 0 Å². The van der Waals surface area contributed by atoms with Gasteiger partial charge in [0.1, 0.15) is 5.75 Å². The van der Waals surface area contributed by atoms with E-state index < -0.39 is 6.61 Å². The zero-order chi connectivity index (χ0) is 17.8. The van der Waals surface area contributed by atoms with E-state index >= 15 is 0 Å². The van der Waals surface area contributed by atoms with Crippen LogP contribution in [0.4, 0.5) is 8.78 Å². The number of nitrogens with zero attached hydrogens (tertiary/aromatic N) is 2. The lowest BCUT2D eigenvalue weighted by molar-refractivity contribution is -0.135. The first-order valence-corrected chi connectivity index (χ1v) is 8.39. The first-order valence-electron chi connectivity index (χ1n) is 8.39. The van der Waals surface area contributed by atoms with Crippen LogP contribution in [0.5, 0.6) is 5.75 Å². The van der Waals surface area contributed by atoms with Crippen molar-refractivity contribution >= 4 is 11.8 Å². The van der Waals surface area contributed by atoms with E-state index in [2.05, 4.69) is 10.1 Å². The third-order valence-electron chi connectivity index (χ3n) is 4.56. The summed E-state index contributed by atoms with van der Waals surface area (Å²) < 4.78 is 29.0. The van der Waals surface area contributed by atoms with Crippen molar-refractivity contribution in [2.45, 2.75) is 25.5 Å². The molecule has 0 bridgehead atoms. The van der Waals surface area contributed by atoms with Crippen molar-refractivity contribution in [2.24, 2.45) is 0 Å². The Morgan fingerprint density at radius 1 is 1.32 bits per heavy atom. The summed E-state index contributed by atoms with van der Waals surface area (Å²) in [6, 6.07) is 5.83. The topological polar surface area (TPSA) is 61.9 Å². The Labute approximate surface area is 144 Å². The van der Waals surface area contributed by atoms with Crippen molar-refractivity contribution in [3.05, 3.63) is 29.8 Å². The highest BCUT2D eigenvalue weighted by molar-refractivity contribution is 5.94. The summed E-state index contributed by atoms with van der Waals surface area (Å²) in [5, 5.41) is 3.04. The number of piperidine rings is 1. The van der Waals surface area contributed by atoms with Crippen LogP contribution in [0.1, 0.15) is 23.2 Å². The molecule has 2 amide bonds. The highest BCUT2D eigenvalue weighted by Gasteiger charge is 2.32. The van der Waals surface area contributed by atoms with Crippen molar-refractivity contribution < 1.29 is 23.1 Å². The molecule has 1 aromatic carbocycles. The molecule has 1 atom stereocenters. The quantitative estimate of drug-likeness (QED) is 0.887. The molecule has 0 spiro atoms. The predicted octanol–water partition coefficient (Wildman–Crippen LogP) is 1.32. The number of halogens is 2. The molecule has 1 N–H and O–H groups in total. The fourth-order valence-corrected chi connectivity index (χ4v) is 3.39. The summed E-state index contributed by atoms with van der Waals surface area (Å²) in [5.41, 5.74) is 0.311. The zero-order valence-electron chi connectivity index (χ0n) is 13.8. The van der Waals surface area contributed by atoms with E-state index in [1.807, 2.05) is 4.90 Å². The Balaban J connectivity index is 1.68. The van der Waals surface area contributed by atoms with E-state index in [0.717, 1.165) is 19.4 Å². The molecule has 2 aliphatic heterocycles. The van der Waals surface area contributed by atoms with E-state index in [9.17, 15) is 18.4 Å². The van der Waals surface area contributed by atoms with Gasteiger partial charge in [0.05, 0.1) is 6.54 Å². The van der Waals surface area contributed by atoms with Crippen LogP contribution in [0.25, 0.3) is 0 Å². The summed E-state index contributed by atoms with van der Waals surface area (Å²) in [4.78, 5) is 28.3. The van der Waals surface area contributed by atoms with E-state index in [1.54, 1.807) is 11.0 Å². The average Bonchev–Trinajstić information content (AvgIpc) is 2.61. The Hall–Kier alpha value is -2.22. The Kier molecular flexibility index (Phi) is 5.47. The molecule has 2 aliphatic rings. The highest BCUT2D eigenvalue weighted by Crippen LogP contribution is 2.21. The number of hydrogen-bond donors (Lipinski definition) is 1. The number of benzene rings is 1. The normalized spacial score (nSPS) is 21.6. The second kappa shape index (κ2) is 7.77. The molecule has 0 radical (unpaired) electrons. The molecule has 0 saturated carbocycles. The molecular weight excluding hydrogens is 332 g/mol. The van der Waals surface area contributed by atoms with Crippen LogP contribution in [0.3, 0.4) is 0 Å². The minimum absolute atomic E-state index is 0.00722. The Morgan fingerprint density at radius 2 is 2.16 bits per heavy atom. The molecule has 8 heteroatoms. The number of likely N-dealkylation sites (tertiary alicyclic amines) is 1. The van der Waals surface area contributed by atoms with E-state index in [1.165, 1.54) is 18.2 Å². The third kappa shape index (κ3) is 4.25. The van der Waals surface area contributed by atoms with Gasteiger partial charge in [-0.25, -0.2) is 0 Å². The SMILES string of the molecule is O=C(c1cccc(OC(F)F)c1)N1CCCC(N2CCNCC2=O)C1. The fourth-order valence-electron chi connectivity index (χ4n) is 3.39. The zero-order valence-corrected chi connectivity index (χ0v) is 13.8. The van der Waals surface area contributed by atoms with Gasteiger partial charge in [0.2, 0.25) is 5.91 Å². The highest BCUT2D eigenvalue weighted by atomic mass is 19.3. The van der Waals surface area contributed by atoms with Crippen LogP contribution in [0.2, 0.25) is 0 Å². The van der Waals surface area contributed by atoms with Crippen molar-refractivity contribution in [1.82, 2.24) is 15.1 Å². The summed E-state index contributed by atoms with van der Waals surface area (Å²) in [6.45, 7) is -0.146. The van der Waals surface area contributed by atoms with Gasteiger partial charge in [-0.2, -0.15) is 8.78 Å². The molecule has 25 heavy (non-hydrogen) atoms. The predicted molar refractivity (Wildman–Crippen MR) is 86.6 cm³/mol. The molecule has 2 fully saturated rings. The standard InChI is InChI=1S/C17H21F2N3O3/c18-17(19)25-14-5-1-3-12(9-14)16(24)21-7-2-4-13(11-21)22-8-6-20-10-15(22)23/h1,3,5,9,13,17,20H,2,4,6-8,10-11H2. The fraction of sp³-hybridized carbons (Fsp3) is 0.529. The molecule has 3 rings (SSSR count). The lowest BCUT2D eigenvalue weighted by Crippen LogP contribution is -2.57. The molecule has 1 aromatic rings. The maximum Gasteiger partial charge on any atom is 0.387 e. The van der Waals surface area contributed by atoms with Crippen molar-refractivity contribution in [3.8, 4) is 5.75 Å². The molecule has 0 aromatic heterocycles. The van der Waals surface area contributed by atoms with Crippen molar-refractivity contribution in [2.75, 3.05) is 32.7 Å². The molecular formula is C17H21F2N3O3. The monoisotopic (exact) mass is 353 g/mol. The van der Waals surface area contributed by atoms with Gasteiger partial charge in [0.25, 0.3) is 5.91 Å². The Bertz CT molecular complexity index is 641. The van der Waals surface area contributed by atoms with E-state index in [0.29, 0.717) is 31.7 Å². The molecule has 2 saturated heterocycles. The number of carbonyl (C=O) groups is 2. The van der Waals surface area contributed by atoms with Gasteiger partial charge in [-0.15, -0.1) is 0 Å². The molecule has 0 aliphatic carbocycles. The summed E-state index contributed by atoms with van der Waals surface area (Å²) in [5.74, 6) is -0.212. The summed E-state index contributed by atoms with van der Waals surface area (Å²) >= 11 is 0. The van der Waals surface area contributed by atoms with Crippen LogP contribution in [0, 0.1) is 0 Å². The largest absolute Gasteiger partial charge is 0.435 e. The van der Waals surface area contributed by atoms with E-state index in [4.69, 9.17) is 0 Å². The smallest absolute Gasteiger partial charge is 0.387 e. The molecule has 2 heterocycles. The number of alkyl halides is 2. The van der Waals surface area contributed by atoms with Gasteiger partial charge in [-0.05, 0) is 31.0 Å². The second-order valence-electron chi connectivity index (χ2n) is 6.22. The van der Waals surface area contributed by atoms with Gasteiger partial charge in [-0.1, -0.05) is 6.07 Å². The van der Waals surface area contributed by atoms with Gasteiger partial charge in [-0.3, -0.25) is 9.59 Å². The minimum Gasteiger partial charge on any atom is -0.435 e. The minimum atomic E-state index is -2.93. The van der Waals surface area contributed by atoms with Gasteiger partial charge in [0, 0.05) is 37.8 Å². The maximum absolute atomic E-state index is 12.7. The van der Waals surface area contributed by atoms with Crippen molar-refractivity contribution in [1.29, 1.82) is 0 Å². The number of amides is 2. The lowest BCUT2D eigenvalue weighted by atomic mass is 10.0. The second-order valence-corrected chi connectivity index (χ2v) is 6.22. The molecule has 1 unspecified atom stereocenters. The first-order chi connectivity index (χ1) is 12.0. The van der Waals surface area contributed by atoms with Gasteiger partial charge >= 0.3 is 6.61 Å². The third-order valence-corrected chi connectivity index (χ3v) is 4.56. The van der Waals surface area contributed by atoms with Crippen LogP contribution >= 0.6 is 0 Å². The van der Waals surface area contributed by atoms with Crippen LogP contribution in [-0.2, 0) is 4.79 Å². The first kappa shape index (κ1) is 17.6. The maximum atomic E-state index is 12.7. The van der Waals surface area contributed by atoms with Gasteiger partial charge < -0.3 is 19.9 Å². The Morgan fingerprint density at radius 3 is 2.92 bits per heavy atom. The number of ether oxygens (including phenoxy) is 1.